The molecule has 1 fully saturated rings. The van der Waals surface area contributed by atoms with Crippen LogP contribution in [0.2, 0.25) is 0 Å². The highest BCUT2D eigenvalue weighted by molar-refractivity contribution is 7.89. The standard InChI is InChI=1S/C18H26N2O4S/c1-13(21)20-9-8-14(12-20)11-19(4)25(22,23)16-7-5-6-15-10-18(2,3)24-17(15)16/h5-7,14H,8-12H2,1-4H3. The Bertz CT molecular complexity index is 788. The normalized spacial score (nSPS) is 22.1. The van der Waals surface area contributed by atoms with Crippen molar-refractivity contribution in [3.8, 4) is 5.75 Å². The van der Waals surface area contributed by atoms with Crippen molar-refractivity contribution in [1.29, 1.82) is 0 Å². The van der Waals surface area contributed by atoms with Crippen LogP contribution in [-0.2, 0) is 21.2 Å². The van der Waals surface area contributed by atoms with Crippen LogP contribution < -0.4 is 4.74 Å². The third-order valence-corrected chi connectivity index (χ3v) is 6.84. The smallest absolute Gasteiger partial charge is 0.246 e. The lowest BCUT2D eigenvalue weighted by molar-refractivity contribution is -0.127. The van der Waals surface area contributed by atoms with Gasteiger partial charge in [-0.3, -0.25) is 4.79 Å². The number of benzene rings is 1. The summed E-state index contributed by atoms with van der Waals surface area (Å²) >= 11 is 0. The maximum atomic E-state index is 13.1. The molecular formula is C18H26N2O4S. The molecule has 0 radical (unpaired) electrons. The van der Waals surface area contributed by atoms with E-state index in [0.29, 0.717) is 31.8 Å². The van der Waals surface area contributed by atoms with Gasteiger partial charge in [-0.25, -0.2) is 12.7 Å². The van der Waals surface area contributed by atoms with Gasteiger partial charge in [0.1, 0.15) is 16.2 Å². The van der Waals surface area contributed by atoms with Gasteiger partial charge in [0, 0.05) is 40.0 Å². The molecule has 0 spiro atoms. The van der Waals surface area contributed by atoms with Crippen LogP contribution in [0.4, 0.5) is 0 Å². The summed E-state index contributed by atoms with van der Waals surface area (Å²) in [7, 11) is -2.03. The van der Waals surface area contributed by atoms with Crippen LogP contribution >= 0.6 is 0 Å². The number of likely N-dealkylation sites (tertiary alicyclic amines) is 1. The van der Waals surface area contributed by atoms with Gasteiger partial charge in [-0.1, -0.05) is 12.1 Å². The van der Waals surface area contributed by atoms with Crippen LogP contribution in [0, 0.1) is 5.92 Å². The lowest BCUT2D eigenvalue weighted by Crippen LogP contribution is -2.34. The Hall–Kier alpha value is -1.60. The molecule has 2 aliphatic rings. The first-order valence-corrected chi connectivity index (χ1v) is 10.1. The number of carbonyl (C=O) groups is 1. The molecule has 1 amide bonds. The third kappa shape index (κ3) is 3.53. The first kappa shape index (κ1) is 18.2. The number of ether oxygens (including phenoxy) is 1. The van der Waals surface area contributed by atoms with Crippen molar-refractivity contribution in [3.05, 3.63) is 23.8 Å². The molecule has 0 bridgehead atoms. The zero-order chi connectivity index (χ0) is 18.4. The van der Waals surface area contributed by atoms with E-state index in [-0.39, 0.29) is 22.3 Å². The second-order valence-corrected chi connectivity index (χ2v) is 9.70. The molecule has 6 nitrogen and oxygen atoms in total. The van der Waals surface area contributed by atoms with Gasteiger partial charge in [0.2, 0.25) is 15.9 Å². The van der Waals surface area contributed by atoms with Crippen LogP contribution in [0.25, 0.3) is 0 Å². The largest absolute Gasteiger partial charge is 0.486 e. The van der Waals surface area contributed by atoms with Crippen LogP contribution in [0.3, 0.4) is 0 Å². The number of rotatable bonds is 4. The zero-order valence-corrected chi connectivity index (χ0v) is 16.1. The maximum absolute atomic E-state index is 13.1. The van der Waals surface area contributed by atoms with Gasteiger partial charge in [0.05, 0.1) is 0 Å². The molecule has 138 valence electrons. The second-order valence-electron chi connectivity index (χ2n) is 7.69. The van der Waals surface area contributed by atoms with E-state index in [0.717, 1.165) is 12.0 Å². The van der Waals surface area contributed by atoms with Crippen molar-refractivity contribution in [2.24, 2.45) is 5.92 Å². The van der Waals surface area contributed by atoms with Crippen molar-refractivity contribution in [3.63, 3.8) is 0 Å². The molecule has 0 N–H and O–H groups in total. The summed E-state index contributed by atoms with van der Waals surface area (Å²) in [4.78, 5) is 13.5. The summed E-state index contributed by atoms with van der Waals surface area (Å²) in [6.07, 6.45) is 1.53. The predicted molar refractivity (Wildman–Crippen MR) is 95.0 cm³/mol. The zero-order valence-electron chi connectivity index (χ0n) is 15.3. The number of hydrogen-bond acceptors (Lipinski definition) is 4. The lowest BCUT2D eigenvalue weighted by atomic mass is 10.0. The van der Waals surface area contributed by atoms with E-state index in [1.165, 1.54) is 4.31 Å². The monoisotopic (exact) mass is 366 g/mol. The summed E-state index contributed by atoms with van der Waals surface area (Å²) in [6.45, 7) is 7.19. The van der Waals surface area contributed by atoms with Gasteiger partial charge in [-0.05, 0) is 37.8 Å². The minimum Gasteiger partial charge on any atom is -0.486 e. The lowest BCUT2D eigenvalue weighted by Gasteiger charge is -2.23. The molecule has 0 aromatic heterocycles. The summed E-state index contributed by atoms with van der Waals surface area (Å²) < 4.78 is 33.5. The highest BCUT2D eigenvalue weighted by Gasteiger charge is 2.37. The fourth-order valence-electron chi connectivity index (χ4n) is 3.69. The molecule has 1 saturated heterocycles. The minimum absolute atomic E-state index is 0.0459. The number of para-hydroxylation sites is 1. The quantitative estimate of drug-likeness (QED) is 0.816. The highest BCUT2D eigenvalue weighted by Crippen LogP contribution is 2.40. The maximum Gasteiger partial charge on any atom is 0.246 e. The second kappa shape index (κ2) is 6.29. The molecular weight excluding hydrogens is 340 g/mol. The molecule has 1 aromatic rings. The summed E-state index contributed by atoms with van der Waals surface area (Å²) in [6, 6.07) is 5.31. The summed E-state index contributed by atoms with van der Waals surface area (Å²) in [5, 5.41) is 0. The van der Waals surface area contributed by atoms with Gasteiger partial charge in [-0.2, -0.15) is 0 Å². The van der Waals surface area contributed by atoms with E-state index in [2.05, 4.69) is 0 Å². The van der Waals surface area contributed by atoms with Crippen LogP contribution in [0.15, 0.2) is 23.1 Å². The fourth-order valence-corrected chi connectivity index (χ4v) is 5.09. The number of carbonyl (C=O) groups excluding carboxylic acids is 1. The van der Waals surface area contributed by atoms with Crippen molar-refractivity contribution in [1.82, 2.24) is 9.21 Å². The highest BCUT2D eigenvalue weighted by atomic mass is 32.2. The van der Waals surface area contributed by atoms with Crippen LogP contribution in [-0.4, -0.2) is 55.8 Å². The number of fused-ring (bicyclic) bond motifs is 1. The van der Waals surface area contributed by atoms with Crippen LogP contribution in [0.5, 0.6) is 5.75 Å². The molecule has 0 aliphatic carbocycles. The van der Waals surface area contributed by atoms with Crippen molar-refractivity contribution in [2.45, 2.75) is 44.1 Å². The topological polar surface area (TPSA) is 66.9 Å². The minimum atomic E-state index is -3.63. The SMILES string of the molecule is CC(=O)N1CCC(CN(C)S(=O)(=O)c2cccc3c2OC(C)(C)C3)C1. The Balaban J connectivity index is 1.79. The number of nitrogens with zero attached hydrogens (tertiary/aromatic N) is 2. The number of sulfonamides is 1. The summed E-state index contributed by atoms with van der Waals surface area (Å²) in [5.74, 6) is 0.693. The fraction of sp³-hybridized carbons (Fsp3) is 0.611. The van der Waals surface area contributed by atoms with Gasteiger partial charge < -0.3 is 9.64 Å². The number of hydrogen-bond donors (Lipinski definition) is 0. The van der Waals surface area contributed by atoms with E-state index in [1.807, 2.05) is 19.9 Å². The molecule has 1 unspecified atom stereocenters. The molecule has 2 heterocycles. The molecule has 1 aromatic carbocycles. The molecule has 0 saturated carbocycles. The Morgan fingerprint density at radius 2 is 2.12 bits per heavy atom. The molecule has 1 atom stereocenters. The summed E-state index contributed by atoms with van der Waals surface area (Å²) in [5.41, 5.74) is 0.545. The Labute approximate surface area is 149 Å². The number of amides is 1. The predicted octanol–water partition coefficient (Wildman–Crippen LogP) is 1.89. The van der Waals surface area contributed by atoms with Crippen molar-refractivity contribution < 1.29 is 17.9 Å². The Kier molecular flexibility index (Phi) is 4.58. The van der Waals surface area contributed by atoms with E-state index < -0.39 is 10.0 Å². The first-order valence-electron chi connectivity index (χ1n) is 8.63. The Morgan fingerprint density at radius 1 is 1.40 bits per heavy atom. The average Bonchev–Trinajstić information content (AvgIpc) is 3.08. The average molecular weight is 366 g/mol. The van der Waals surface area contributed by atoms with E-state index in [4.69, 9.17) is 4.74 Å². The van der Waals surface area contributed by atoms with E-state index >= 15 is 0 Å². The van der Waals surface area contributed by atoms with Crippen molar-refractivity contribution >= 4 is 15.9 Å². The van der Waals surface area contributed by atoms with Gasteiger partial charge >= 0.3 is 0 Å². The third-order valence-electron chi connectivity index (χ3n) is 4.99. The molecule has 2 aliphatic heterocycles. The van der Waals surface area contributed by atoms with E-state index in [1.54, 1.807) is 31.0 Å². The Morgan fingerprint density at radius 3 is 2.76 bits per heavy atom. The molecule has 7 heteroatoms. The van der Waals surface area contributed by atoms with Crippen LogP contribution in [0.1, 0.15) is 32.8 Å². The van der Waals surface area contributed by atoms with Gasteiger partial charge in [-0.15, -0.1) is 0 Å². The van der Waals surface area contributed by atoms with Crippen molar-refractivity contribution in [2.75, 3.05) is 26.7 Å². The van der Waals surface area contributed by atoms with E-state index in [9.17, 15) is 13.2 Å². The molecule has 25 heavy (non-hydrogen) atoms. The van der Waals surface area contributed by atoms with Gasteiger partial charge in [0.25, 0.3) is 0 Å². The first-order chi connectivity index (χ1) is 11.6. The van der Waals surface area contributed by atoms with Gasteiger partial charge in [0.15, 0.2) is 0 Å². The molecule has 3 rings (SSSR count).